The third kappa shape index (κ3) is 2.59. The van der Waals surface area contributed by atoms with Crippen LogP contribution in [0.25, 0.3) is 0 Å². The van der Waals surface area contributed by atoms with Gasteiger partial charge in [0, 0.05) is 0 Å². The van der Waals surface area contributed by atoms with Crippen LogP contribution in [0.2, 0.25) is 0 Å². The topological polar surface area (TPSA) is 74.6 Å². The van der Waals surface area contributed by atoms with E-state index < -0.39 is 46.3 Å². The SMILES string of the molecule is O=C(O)c1c(F)c(F)c(C(=O)O)c(F)c1F.[NaH]. The zero-order valence-corrected chi connectivity index (χ0v) is 7.22. The number of carbonyl (C=O) groups is 2. The van der Waals surface area contributed by atoms with Crippen LogP contribution >= 0.6 is 0 Å². The van der Waals surface area contributed by atoms with Gasteiger partial charge in [0.1, 0.15) is 11.1 Å². The standard InChI is InChI=1S/C8H2F4O4.Na.H/c9-3-1(7(13)14)4(10)6(12)2(5(3)11)8(15)16;;/h(H,13,14)(H,15,16);;. The molecule has 17 heavy (non-hydrogen) atoms. The second kappa shape index (κ2) is 5.48. The molecular formula is C8H3F4NaO4. The Morgan fingerprint density at radius 1 is 0.706 bits per heavy atom. The Morgan fingerprint density at radius 2 is 0.882 bits per heavy atom. The molecule has 0 aliphatic carbocycles. The minimum absolute atomic E-state index is 0. The summed E-state index contributed by atoms with van der Waals surface area (Å²) in [6.07, 6.45) is 0. The number of hydrogen-bond donors (Lipinski definition) is 2. The monoisotopic (exact) mass is 262 g/mol. The van der Waals surface area contributed by atoms with E-state index in [0.717, 1.165) is 0 Å². The zero-order valence-electron chi connectivity index (χ0n) is 7.22. The Bertz CT molecular complexity index is 429. The van der Waals surface area contributed by atoms with Crippen molar-refractivity contribution in [2.24, 2.45) is 0 Å². The van der Waals surface area contributed by atoms with Crippen molar-refractivity contribution in [2.45, 2.75) is 0 Å². The molecule has 0 aromatic heterocycles. The summed E-state index contributed by atoms with van der Waals surface area (Å²) < 4.78 is 51.6. The van der Waals surface area contributed by atoms with Crippen LogP contribution in [-0.2, 0) is 0 Å². The van der Waals surface area contributed by atoms with Gasteiger partial charge in [0.05, 0.1) is 0 Å². The van der Waals surface area contributed by atoms with Gasteiger partial charge in [-0.15, -0.1) is 0 Å². The Labute approximate surface area is 113 Å². The molecule has 1 rings (SSSR count). The van der Waals surface area contributed by atoms with Crippen LogP contribution in [0.15, 0.2) is 0 Å². The van der Waals surface area contributed by atoms with Crippen LogP contribution in [0.1, 0.15) is 20.7 Å². The molecule has 1 aromatic carbocycles. The fourth-order valence-corrected chi connectivity index (χ4v) is 1.01. The van der Waals surface area contributed by atoms with E-state index in [1.54, 1.807) is 0 Å². The fraction of sp³-hybridized carbons (Fsp3) is 0. The average molecular weight is 262 g/mol. The number of rotatable bonds is 2. The van der Waals surface area contributed by atoms with Crippen molar-refractivity contribution in [1.82, 2.24) is 0 Å². The van der Waals surface area contributed by atoms with Crippen molar-refractivity contribution in [2.75, 3.05) is 0 Å². The van der Waals surface area contributed by atoms with Crippen molar-refractivity contribution in [3.8, 4) is 0 Å². The molecule has 0 heterocycles. The summed E-state index contributed by atoms with van der Waals surface area (Å²) in [6, 6.07) is 0. The van der Waals surface area contributed by atoms with Gasteiger partial charge in [0.2, 0.25) is 0 Å². The van der Waals surface area contributed by atoms with Gasteiger partial charge in [-0.1, -0.05) is 0 Å². The molecule has 0 aliphatic rings. The molecule has 0 aliphatic heterocycles. The predicted molar refractivity (Wildman–Crippen MR) is 47.3 cm³/mol. The summed E-state index contributed by atoms with van der Waals surface area (Å²) in [6.45, 7) is 0. The van der Waals surface area contributed by atoms with Crippen molar-refractivity contribution in [3.05, 3.63) is 34.4 Å². The maximum atomic E-state index is 12.9. The van der Waals surface area contributed by atoms with Gasteiger partial charge in [-0.25, -0.2) is 27.2 Å². The van der Waals surface area contributed by atoms with Crippen LogP contribution < -0.4 is 0 Å². The summed E-state index contributed by atoms with van der Waals surface area (Å²) in [5.74, 6) is -13.5. The number of hydrogen-bond acceptors (Lipinski definition) is 2. The van der Waals surface area contributed by atoms with Gasteiger partial charge in [-0.05, 0) is 0 Å². The molecule has 0 radical (unpaired) electrons. The van der Waals surface area contributed by atoms with Gasteiger partial charge in [0.15, 0.2) is 23.3 Å². The van der Waals surface area contributed by atoms with E-state index in [9.17, 15) is 27.2 Å². The molecule has 0 spiro atoms. The number of aromatic carboxylic acids is 2. The number of halogens is 4. The maximum absolute atomic E-state index is 12.9. The summed E-state index contributed by atoms with van der Waals surface area (Å²) in [7, 11) is 0. The van der Waals surface area contributed by atoms with Crippen LogP contribution in [0, 0.1) is 23.3 Å². The Hall–Kier alpha value is -1.12. The molecule has 4 nitrogen and oxygen atoms in total. The quantitative estimate of drug-likeness (QED) is 0.473. The first kappa shape index (κ1) is 15.9. The number of carboxylic acid groups (broad SMARTS) is 2. The van der Waals surface area contributed by atoms with Gasteiger partial charge in [-0.2, -0.15) is 0 Å². The second-order valence-corrected chi connectivity index (χ2v) is 2.62. The van der Waals surface area contributed by atoms with Crippen LogP contribution in [0.4, 0.5) is 17.6 Å². The summed E-state index contributed by atoms with van der Waals surface area (Å²) in [4.78, 5) is 20.5. The summed E-state index contributed by atoms with van der Waals surface area (Å²) in [5.41, 5.74) is -3.75. The molecule has 0 amide bonds. The molecule has 1 aromatic rings. The van der Waals surface area contributed by atoms with Gasteiger partial charge in [0.25, 0.3) is 0 Å². The van der Waals surface area contributed by atoms with Crippen LogP contribution in [0.5, 0.6) is 0 Å². The third-order valence-electron chi connectivity index (χ3n) is 1.69. The van der Waals surface area contributed by atoms with Crippen LogP contribution in [-0.4, -0.2) is 51.7 Å². The molecule has 88 valence electrons. The first-order chi connectivity index (χ1) is 7.29. The second-order valence-electron chi connectivity index (χ2n) is 2.62. The number of benzene rings is 1. The molecule has 9 heteroatoms. The molecule has 0 saturated carbocycles. The fourth-order valence-electron chi connectivity index (χ4n) is 1.01. The molecule has 0 fully saturated rings. The first-order valence-electron chi connectivity index (χ1n) is 3.61. The summed E-state index contributed by atoms with van der Waals surface area (Å²) in [5, 5.41) is 16.5. The van der Waals surface area contributed by atoms with E-state index in [4.69, 9.17) is 10.2 Å². The molecule has 2 N–H and O–H groups in total. The van der Waals surface area contributed by atoms with E-state index >= 15 is 0 Å². The van der Waals surface area contributed by atoms with E-state index in [0.29, 0.717) is 0 Å². The van der Waals surface area contributed by atoms with Crippen molar-refractivity contribution >= 4 is 41.5 Å². The third-order valence-corrected chi connectivity index (χ3v) is 1.69. The molecule has 0 unspecified atom stereocenters. The predicted octanol–water partition coefficient (Wildman–Crippen LogP) is 0.991. The average Bonchev–Trinajstić information content (AvgIpc) is 2.14. The van der Waals surface area contributed by atoms with E-state index in [1.807, 2.05) is 0 Å². The Balaban J connectivity index is 0.00000256. The zero-order chi connectivity index (χ0) is 12.6. The van der Waals surface area contributed by atoms with Gasteiger partial charge >= 0.3 is 41.5 Å². The number of carboxylic acids is 2. The molecule has 0 bridgehead atoms. The Kier molecular flexibility index (Phi) is 5.12. The van der Waals surface area contributed by atoms with Crippen molar-refractivity contribution in [3.63, 3.8) is 0 Å². The Morgan fingerprint density at radius 3 is 1.00 bits per heavy atom. The van der Waals surface area contributed by atoms with Gasteiger partial charge in [-0.3, -0.25) is 0 Å². The van der Waals surface area contributed by atoms with Gasteiger partial charge < -0.3 is 10.2 Å². The first-order valence-corrected chi connectivity index (χ1v) is 3.61. The minimum atomic E-state index is -2.26. The van der Waals surface area contributed by atoms with Crippen LogP contribution in [0.3, 0.4) is 0 Å². The summed E-state index contributed by atoms with van der Waals surface area (Å²) >= 11 is 0. The molecular weight excluding hydrogens is 259 g/mol. The van der Waals surface area contributed by atoms with E-state index in [2.05, 4.69) is 0 Å². The van der Waals surface area contributed by atoms with Crippen molar-refractivity contribution < 1.29 is 37.4 Å². The van der Waals surface area contributed by atoms with E-state index in [1.165, 1.54) is 0 Å². The van der Waals surface area contributed by atoms with E-state index in [-0.39, 0.29) is 29.6 Å². The normalized spacial score (nSPS) is 9.65. The van der Waals surface area contributed by atoms with Crippen molar-refractivity contribution in [1.29, 1.82) is 0 Å². The molecule has 0 atom stereocenters. The molecule has 0 saturated heterocycles.